The smallest absolute Gasteiger partial charge is 0.215 e. The lowest BCUT2D eigenvalue weighted by Gasteiger charge is -2.49. The summed E-state index contributed by atoms with van der Waals surface area (Å²) in [7, 11) is -3.67. The molecule has 0 amide bonds. The van der Waals surface area contributed by atoms with E-state index in [9.17, 15) is 18.0 Å². The Morgan fingerprint density at radius 2 is 1.87 bits per heavy atom. The standard InChI is InChI=1S/C21H23FN4O3S/c1-2-30(28,29)26-14-13-25(17-9-7-16(22)8-10-17)15-21(26,24-27)19-11-12-23-20-6-4-3-5-18(19)20/h3-12,24,27H,2,13-15H2,1H3. The van der Waals surface area contributed by atoms with E-state index in [2.05, 4.69) is 10.5 Å². The van der Waals surface area contributed by atoms with Gasteiger partial charge in [-0.15, -0.1) is 0 Å². The molecule has 0 saturated carbocycles. The maximum atomic E-state index is 13.4. The second kappa shape index (κ2) is 7.92. The fourth-order valence-corrected chi connectivity index (χ4v) is 5.41. The van der Waals surface area contributed by atoms with Crippen LogP contribution in [0.2, 0.25) is 0 Å². The van der Waals surface area contributed by atoms with E-state index < -0.39 is 15.7 Å². The molecule has 9 heteroatoms. The summed E-state index contributed by atoms with van der Waals surface area (Å²) in [6, 6.07) is 15.1. The van der Waals surface area contributed by atoms with E-state index in [4.69, 9.17) is 0 Å². The van der Waals surface area contributed by atoms with Gasteiger partial charge in [0.1, 0.15) is 5.82 Å². The Bertz CT molecular complexity index is 1150. The van der Waals surface area contributed by atoms with Crippen LogP contribution < -0.4 is 10.4 Å². The monoisotopic (exact) mass is 430 g/mol. The molecule has 1 unspecified atom stereocenters. The average Bonchev–Trinajstić information content (AvgIpc) is 2.78. The number of para-hydroxylation sites is 1. The van der Waals surface area contributed by atoms with Gasteiger partial charge in [0.15, 0.2) is 5.66 Å². The summed E-state index contributed by atoms with van der Waals surface area (Å²) in [5.74, 6) is -0.451. The molecule has 0 aliphatic carbocycles. The molecule has 7 nitrogen and oxygen atoms in total. The molecule has 1 atom stereocenters. The molecule has 1 fully saturated rings. The number of nitrogens with one attached hydrogen (secondary N) is 1. The molecule has 158 valence electrons. The van der Waals surface area contributed by atoms with E-state index in [1.54, 1.807) is 31.3 Å². The fraction of sp³-hybridized carbons (Fsp3) is 0.286. The van der Waals surface area contributed by atoms with Crippen LogP contribution in [0, 0.1) is 5.82 Å². The second-order valence-corrected chi connectivity index (χ2v) is 9.40. The third kappa shape index (κ3) is 3.43. The zero-order valence-electron chi connectivity index (χ0n) is 16.5. The van der Waals surface area contributed by atoms with Gasteiger partial charge in [-0.2, -0.15) is 9.79 Å². The molecule has 1 saturated heterocycles. The van der Waals surface area contributed by atoms with E-state index >= 15 is 0 Å². The second-order valence-electron chi connectivity index (χ2n) is 7.22. The first kappa shape index (κ1) is 20.7. The lowest BCUT2D eigenvalue weighted by Crippen LogP contribution is -2.68. The Balaban J connectivity index is 1.90. The summed E-state index contributed by atoms with van der Waals surface area (Å²) in [5.41, 5.74) is 2.92. The third-order valence-corrected chi connectivity index (χ3v) is 7.49. The molecule has 2 heterocycles. The summed E-state index contributed by atoms with van der Waals surface area (Å²) in [6.07, 6.45) is 1.60. The highest BCUT2D eigenvalue weighted by atomic mass is 32.2. The van der Waals surface area contributed by atoms with Gasteiger partial charge >= 0.3 is 0 Å². The minimum Gasteiger partial charge on any atom is -0.367 e. The predicted molar refractivity (Wildman–Crippen MR) is 113 cm³/mol. The lowest BCUT2D eigenvalue weighted by atomic mass is 9.93. The van der Waals surface area contributed by atoms with Crippen molar-refractivity contribution >= 4 is 26.6 Å². The SMILES string of the molecule is CCS(=O)(=O)N1CCN(c2ccc(F)cc2)CC1(NO)c1ccnc2ccccc12. The molecule has 0 spiro atoms. The van der Waals surface area contributed by atoms with Crippen molar-refractivity contribution in [3.8, 4) is 0 Å². The molecule has 0 radical (unpaired) electrons. The Labute approximate surface area is 174 Å². The average molecular weight is 431 g/mol. The number of aromatic nitrogens is 1. The number of hydroxylamine groups is 1. The lowest BCUT2D eigenvalue weighted by molar-refractivity contribution is -0.0172. The van der Waals surface area contributed by atoms with Gasteiger partial charge in [-0.25, -0.2) is 12.8 Å². The first-order valence-corrected chi connectivity index (χ1v) is 11.3. The quantitative estimate of drug-likeness (QED) is 0.606. The Morgan fingerprint density at radius 3 is 2.57 bits per heavy atom. The molecule has 1 aromatic heterocycles. The van der Waals surface area contributed by atoms with Gasteiger partial charge in [0.2, 0.25) is 10.0 Å². The number of nitrogens with zero attached hydrogens (tertiary/aromatic N) is 3. The number of benzene rings is 2. The van der Waals surface area contributed by atoms with Gasteiger partial charge in [0, 0.05) is 35.9 Å². The zero-order chi connectivity index (χ0) is 21.4. The number of halogens is 1. The van der Waals surface area contributed by atoms with Crippen molar-refractivity contribution in [1.29, 1.82) is 0 Å². The summed E-state index contributed by atoms with van der Waals surface area (Å²) in [5, 5.41) is 11.2. The van der Waals surface area contributed by atoms with Crippen molar-refractivity contribution in [2.75, 3.05) is 30.3 Å². The molecule has 0 bridgehead atoms. The minimum atomic E-state index is -3.67. The van der Waals surface area contributed by atoms with Crippen LogP contribution in [-0.4, -0.2) is 48.3 Å². The van der Waals surface area contributed by atoms with Gasteiger partial charge < -0.3 is 10.1 Å². The minimum absolute atomic E-state index is 0.101. The number of piperazine rings is 1. The van der Waals surface area contributed by atoms with Gasteiger partial charge in [0.05, 0.1) is 17.8 Å². The normalized spacial score (nSPS) is 20.6. The van der Waals surface area contributed by atoms with Crippen LogP contribution >= 0.6 is 0 Å². The highest BCUT2D eigenvalue weighted by Crippen LogP contribution is 2.37. The van der Waals surface area contributed by atoms with Crippen molar-refractivity contribution in [1.82, 2.24) is 14.8 Å². The molecular formula is C21H23FN4O3S. The molecule has 2 aromatic carbocycles. The van der Waals surface area contributed by atoms with Crippen molar-refractivity contribution in [2.24, 2.45) is 0 Å². The molecule has 1 aliphatic rings. The van der Waals surface area contributed by atoms with Crippen molar-refractivity contribution < 1.29 is 18.0 Å². The van der Waals surface area contributed by atoms with Gasteiger partial charge in [-0.3, -0.25) is 4.98 Å². The summed E-state index contributed by atoms with van der Waals surface area (Å²) >= 11 is 0. The highest BCUT2D eigenvalue weighted by Gasteiger charge is 2.49. The Kier molecular flexibility index (Phi) is 5.46. The number of rotatable bonds is 5. The number of sulfonamides is 1. The van der Waals surface area contributed by atoms with Gasteiger partial charge in [-0.05, 0) is 43.3 Å². The molecule has 30 heavy (non-hydrogen) atoms. The summed E-state index contributed by atoms with van der Waals surface area (Å²) in [4.78, 5) is 6.29. The van der Waals surface area contributed by atoms with Crippen molar-refractivity contribution in [3.05, 3.63) is 72.2 Å². The van der Waals surface area contributed by atoms with Gasteiger partial charge in [0.25, 0.3) is 0 Å². The van der Waals surface area contributed by atoms with E-state index in [1.807, 2.05) is 29.2 Å². The van der Waals surface area contributed by atoms with Crippen LogP contribution in [0.4, 0.5) is 10.1 Å². The summed E-state index contributed by atoms with van der Waals surface area (Å²) in [6.45, 7) is 2.26. The highest BCUT2D eigenvalue weighted by molar-refractivity contribution is 7.89. The Morgan fingerprint density at radius 1 is 1.13 bits per heavy atom. The first-order chi connectivity index (χ1) is 14.4. The molecular weight excluding hydrogens is 407 g/mol. The van der Waals surface area contributed by atoms with E-state index in [0.717, 1.165) is 11.1 Å². The number of hydrogen-bond donors (Lipinski definition) is 2. The third-order valence-electron chi connectivity index (χ3n) is 5.59. The van der Waals surface area contributed by atoms with E-state index in [0.29, 0.717) is 17.6 Å². The molecule has 4 rings (SSSR count). The van der Waals surface area contributed by atoms with E-state index in [-0.39, 0.29) is 24.7 Å². The number of fused-ring (bicyclic) bond motifs is 1. The number of pyridine rings is 1. The topological polar surface area (TPSA) is 85.8 Å². The maximum absolute atomic E-state index is 13.4. The fourth-order valence-electron chi connectivity index (χ4n) is 4.07. The molecule has 1 aliphatic heterocycles. The van der Waals surface area contributed by atoms with Crippen LogP contribution in [0.15, 0.2) is 60.8 Å². The van der Waals surface area contributed by atoms with Crippen LogP contribution in [0.25, 0.3) is 10.9 Å². The Hall–Kier alpha value is -2.59. The van der Waals surface area contributed by atoms with Crippen LogP contribution in [0.3, 0.4) is 0 Å². The van der Waals surface area contributed by atoms with Crippen molar-refractivity contribution in [3.63, 3.8) is 0 Å². The predicted octanol–water partition coefficient (Wildman–Crippen LogP) is 2.68. The van der Waals surface area contributed by atoms with Crippen LogP contribution in [0.1, 0.15) is 12.5 Å². The van der Waals surface area contributed by atoms with Crippen molar-refractivity contribution in [2.45, 2.75) is 12.6 Å². The van der Waals surface area contributed by atoms with Crippen LogP contribution in [-0.2, 0) is 15.7 Å². The number of hydrogen-bond acceptors (Lipinski definition) is 6. The van der Waals surface area contributed by atoms with Crippen LogP contribution in [0.5, 0.6) is 0 Å². The van der Waals surface area contributed by atoms with E-state index in [1.165, 1.54) is 16.4 Å². The first-order valence-electron chi connectivity index (χ1n) is 9.68. The number of anilines is 1. The maximum Gasteiger partial charge on any atom is 0.215 e. The summed E-state index contributed by atoms with van der Waals surface area (Å²) < 4.78 is 40.8. The molecule has 3 aromatic rings. The zero-order valence-corrected chi connectivity index (χ0v) is 17.3. The van der Waals surface area contributed by atoms with Gasteiger partial charge in [-0.1, -0.05) is 18.2 Å². The largest absolute Gasteiger partial charge is 0.367 e. The molecule has 2 N–H and O–H groups in total.